The molecular weight excluding hydrogens is 190 g/mol. The summed E-state index contributed by atoms with van der Waals surface area (Å²) in [5.74, 6) is 6.36. The Labute approximate surface area is 87.4 Å². The normalized spacial score (nSPS) is 10.0. The van der Waals surface area contributed by atoms with Crippen LogP contribution in [0, 0.1) is 11.8 Å². The van der Waals surface area contributed by atoms with E-state index in [0.29, 0.717) is 17.2 Å². The van der Waals surface area contributed by atoms with Gasteiger partial charge in [0.2, 0.25) is 5.82 Å². The van der Waals surface area contributed by atoms with Gasteiger partial charge in [0.15, 0.2) is 11.5 Å². The fourth-order valence-corrected chi connectivity index (χ4v) is 1.37. The van der Waals surface area contributed by atoms with Crippen molar-refractivity contribution in [1.29, 1.82) is 0 Å². The van der Waals surface area contributed by atoms with Crippen LogP contribution in [-0.4, -0.2) is 19.5 Å². The third-order valence-electron chi connectivity index (χ3n) is 2.07. The Hall–Kier alpha value is -2.09. The minimum atomic E-state index is 0.380. The summed E-state index contributed by atoms with van der Waals surface area (Å²) in [6, 6.07) is 0. The first kappa shape index (κ1) is 9.46. The zero-order chi connectivity index (χ0) is 10.8. The van der Waals surface area contributed by atoms with Crippen molar-refractivity contribution in [3.05, 3.63) is 12.2 Å². The van der Waals surface area contributed by atoms with Crippen LogP contribution in [0.15, 0.2) is 6.33 Å². The summed E-state index contributed by atoms with van der Waals surface area (Å²) in [4.78, 5) is 12.5. The number of nitrogens with two attached hydrogens (primary N) is 1. The minimum Gasteiger partial charge on any atom is -0.382 e. The lowest BCUT2D eigenvalue weighted by atomic mass is 10.4. The number of hydrogen-bond donors (Lipinski definition) is 1. The highest BCUT2D eigenvalue weighted by atomic mass is 15.1. The van der Waals surface area contributed by atoms with E-state index in [1.807, 2.05) is 11.5 Å². The molecule has 2 aromatic heterocycles. The molecule has 5 nitrogen and oxygen atoms in total. The number of rotatable bonds is 1. The van der Waals surface area contributed by atoms with Gasteiger partial charge in [0, 0.05) is 6.54 Å². The number of imidazole rings is 1. The van der Waals surface area contributed by atoms with Crippen LogP contribution in [0.3, 0.4) is 0 Å². The van der Waals surface area contributed by atoms with E-state index in [-0.39, 0.29) is 0 Å². The van der Waals surface area contributed by atoms with Crippen molar-refractivity contribution in [2.45, 2.75) is 20.4 Å². The van der Waals surface area contributed by atoms with E-state index < -0.39 is 0 Å². The maximum Gasteiger partial charge on any atom is 0.208 e. The summed E-state index contributed by atoms with van der Waals surface area (Å²) in [5.41, 5.74) is 7.14. The molecule has 0 aliphatic heterocycles. The first-order chi connectivity index (χ1) is 7.26. The number of nitrogens with zero attached hydrogens (tertiary/aromatic N) is 4. The highest BCUT2D eigenvalue weighted by molar-refractivity contribution is 5.81. The molecule has 76 valence electrons. The monoisotopic (exact) mass is 201 g/mol. The van der Waals surface area contributed by atoms with E-state index in [9.17, 15) is 0 Å². The molecule has 5 heteroatoms. The van der Waals surface area contributed by atoms with E-state index in [1.54, 1.807) is 13.3 Å². The molecule has 0 saturated heterocycles. The van der Waals surface area contributed by atoms with Crippen LogP contribution in [0.4, 0.5) is 5.82 Å². The molecule has 0 amide bonds. The van der Waals surface area contributed by atoms with Gasteiger partial charge in [-0.2, -0.15) is 0 Å². The quantitative estimate of drug-likeness (QED) is 0.693. The fourth-order valence-electron chi connectivity index (χ4n) is 1.37. The molecule has 0 unspecified atom stereocenters. The van der Waals surface area contributed by atoms with E-state index >= 15 is 0 Å². The van der Waals surface area contributed by atoms with Crippen LogP contribution in [0.2, 0.25) is 0 Å². The van der Waals surface area contributed by atoms with Crippen molar-refractivity contribution in [1.82, 2.24) is 19.5 Å². The predicted octanol–water partition coefficient (Wildman–Crippen LogP) is 0.800. The topological polar surface area (TPSA) is 69.6 Å². The molecule has 2 heterocycles. The van der Waals surface area contributed by atoms with Crippen LogP contribution in [-0.2, 0) is 6.54 Å². The molecule has 2 N–H and O–H groups in total. The standard InChI is InChI=1S/C10H11N5/c1-3-5-7-13-9(11)8-10(14-7)15(4-2)6-12-8/h6H,4H2,1-2H3,(H2,11,13,14). The third-order valence-corrected chi connectivity index (χ3v) is 2.07. The van der Waals surface area contributed by atoms with Crippen LogP contribution in [0.25, 0.3) is 11.2 Å². The lowest BCUT2D eigenvalue weighted by Gasteiger charge is -1.99. The lowest BCUT2D eigenvalue weighted by molar-refractivity contribution is 0.776. The number of aromatic nitrogens is 4. The Morgan fingerprint density at radius 1 is 1.47 bits per heavy atom. The number of fused-ring (bicyclic) bond motifs is 1. The molecule has 2 rings (SSSR count). The van der Waals surface area contributed by atoms with E-state index in [4.69, 9.17) is 5.73 Å². The van der Waals surface area contributed by atoms with Gasteiger partial charge in [0.05, 0.1) is 6.33 Å². The van der Waals surface area contributed by atoms with Crippen molar-refractivity contribution in [3.63, 3.8) is 0 Å². The van der Waals surface area contributed by atoms with Crippen LogP contribution in [0.5, 0.6) is 0 Å². The zero-order valence-corrected chi connectivity index (χ0v) is 8.65. The minimum absolute atomic E-state index is 0.380. The predicted molar refractivity (Wildman–Crippen MR) is 58.0 cm³/mol. The summed E-state index contributed by atoms with van der Waals surface area (Å²) in [5, 5.41) is 0. The molecule has 0 saturated carbocycles. The van der Waals surface area contributed by atoms with Crippen molar-refractivity contribution in [3.8, 4) is 11.8 Å². The summed E-state index contributed by atoms with van der Waals surface area (Å²) >= 11 is 0. The van der Waals surface area contributed by atoms with Gasteiger partial charge in [-0.25, -0.2) is 15.0 Å². The lowest BCUT2D eigenvalue weighted by Crippen LogP contribution is -2.00. The molecule has 0 aromatic carbocycles. The Morgan fingerprint density at radius 2 is 2.27 bits per heavy atom. The molecule has 0 bridgehead atoms. The molecule has 0 spiro atoms. The van der Waals surface area contributed by atoms with Gasteiger partial charge in [0.25, 0.3) is 0 Å². The highest BCUT2D eigenvalue weighted by Crippen LogP contribution is 2.15. The van der Waals surface area contributed by atoms with E-state index in [2.05, 4.69) is 26.8 Å². The smallest absolute Gasteiger partial charge is 0.208 e. The molecule has 0 radical (unpaired) electrons. The second-order valence-electron chi connectivity index (χ2n) is 3.01. The van der Waals surface area contributed by atoms with Crippen molar-refractivity contribution < 1.29 is 0 Å². The van der Waals surface area contributed by atoms with Gasteiger partial charge in [-0.15, -0.1) is 0 Å². The summed E-state index contributed by atoms with van der Waals surface area (Å²) in [7, 11) is 0. The van der Waals surface area contributed by atoms with Gasteiger partial charge in [0.1, 0.15) is 5.52 Å². The molecule has 15 heavy (non-hydrogen) atoms. The third kappa shape index (κ3) is 1.50. The second-order valence-corrected chi connectivity index (χ2v) is 3.01. The first-order valence-electron chi connectivity index (χ1n) is 4.67. The second kappa shape index (κ2) is 3.58. The van der Waals surface area contributed by atoms with Gasteiger partial charge in [-0.05, 0) is 19.8 Å². The van der Waals surface area contributed by atoms with Gasteiger partial charge in [-0.3, -0.25) is 0 Å². The van der Waals surface area contributed by atoms with Crippen LogP contribution < -0.4 is 5.73 Å². The Kier molecular flexibility index (Phi) is 2.26. The van der Waals surface area contributed by atoms with Crippen molar-refractivity contribution in [2.24, 2.45) is 0 Å². The zero-order valence-electron chi connectivity index (χ0n) is 8.65. The molecular formula is C10H11N5. The SMILES string of the molecule is CC#Cc1nc(N)c2ncn(CC)c2n1. The summed E-state index contributed by atoms with van der Waals surface area (Å²) in [6.07, 6.45) is 1.71. The Morgan fingerprint density at radius 3 is 2.93 bits per heavy atom. The Balaban J connectivity index is 2.74. The molecule has 0 fully saturated rings. The maximum absolute atomic E-state index is 5.76. The highest BCUT2D eigenvalue weighted by Gasteiger charge is 2.08. The summed E-state index contributed by atoms with van der Waals surface area (Å²) < 4.78 is 1.91. The van der Waals surface area contributed by atoms with Crippen molar-refractivity contribution in [2.75, 3.05) is 5.73 Å². The van der Waals surface area contributed by atoms with E-state index in [1.165, 1.54) is 0 Å². The first-order valence-corrected chi connectivity index (χ1v) is 4.67. The van der Waals surface area contributed by atoms with Gasteiger partial charge < -0.3 is 10.3 Å². The largest absolute Gasteiger partial charge is 0.382 e. The average Bonchev–Trinajstić information content (AvgIpc) is 2.61. The average molecular weight is 201 g/mol. The summed E-state index contributed by atoms with van der Waals surface area (Å²) in [6.45, 7) is 4.55. The molecule has 0 atom stereocenters. The molecule has 0 aliphatic rings. The number of aryl methyl sites for hydroxylation is 1. The number of anilines is 1. The van der Waals surface area contributed by atoms with E-state index in [0.717, 1.165) is 12.2 Å². The van der Waals surface area contributed by atoms with Gasteiger partial charge >= 0.3 is 0 Å². The number of hydrogen-bond acceptors (Lipinski definition) is 4. The molecule has 2 aromatic rings. The van der Waals surface area contributed by atoms with Crippen molar-refractivity contribution >= 4 is 17.0 Å². The van der Waals surface area contributed by atoms with Crippen LogP contribution >= 0.6 is 0 Å². The maximum atomic E-state index is 5.76. The van der Waals surface area contributed by atoms with Gasteiger partial charge in [-0.1, -0.05) is 5.92 Å². The molecule has 0 aliphatic carbocycles. The van der Waals surface area contributed by atoms with Crippen LogP contribution in [0.1, 0.15) is 19.7 Å². The number of nitrogen functional groups attached to an aromatic ring is 1. The Bertz CT molecular complexity index is 558. The fraction of sp³-hybridized carbons (Fsp3) is 0.300.